The normalized spacial score (nSPS) is 12.6. The largest absolute Gasteiger partial charge is 0.344 e. The van der Waals surface area contributed by atoms with Crippen molar-refractivity contribution in [3.05, 3.63) is 69.4 Å². The molecule has 0 aliphatic carbocycles. The van der Waals surface area contributed by atoms with E-state index in [0.717, 1.165) is 65.5 Å². The van der Waals surface area contributed by atoms with Crippen molar-refractivity contribution in [1.29, 1.82) is 0 Å². The van der Waals surface area contributed by atoms with Gasteiger partial charge in [-0.05, 0) is 69.4 Å². The molecule has 1 atom stereocenters. The first-order valence-electron chi connectivity index (χ1n) is 13.6. The molecule has 0 bridgehead atoms. The highest BCUT2D eigenvalue weighted by Gasteiger charge is 2.22. The molecule has 1 heterocycles. The number of aromatic nitrogens is 1. The van der Waals surface area contributed by atoms with E-state index in [1.165, 1.54) is 18.4 Å². The lowest BCUT2D eigenvalue weighted by Crippen LogP contribution is -2.07. The molecule has 0 aliphatic heterocycles. The summed E-state index contributed by atoms with van der Waals surface area (Å²) in [6.45, 7) is 20.2. The minimum absolute atomic E-state index is 0.122. The molecule has 2 rings (SSSR count). The fourth-order valence-corrected chi connectivity index (χ4v) is 4.06. The third kappa shape index (κ3) is 8.83. The summed E-state index contributed by atoms with van der Waals surface area (Å²) in [7, 11) is 0. The molecule has 2 aromatic rings. The molecule has 0 spiro atoms. The summed E-state index contributed by atoms with van der Waals surface area (Å²) < 4.78 is 2.26. The first-order valence-corrected chi connectivity index (χ1v) is 13.9. The number of benzene rings is 1. The van der Waals surface area contributed by atoms with Crippen molar-refractivity contribution >= 4 is 28.3 Å². The minimum Gasteiger partial charge on any atom is -0.344 e. The Kier molecular flexibility index (Phi) is 14.0. The smallest absolute Gasteiger partial charge is 0.191 e. The van der Waals surface area contributed by atoms with E-state index in [2.05, 4.69) is 85.1 Å². The lowest BCUT2D eigenvalue weighted by atomic mass is 9.94. The van der Waals surface area contributed by atoms with Crippen molar-refractivity contribution in [1.82, 2.24) is 4.57 Å². The molecule has 0 N–H and O–H groups in total. The van der Waals surface area contributed by atoms with Crippen LogP contribution in [0.3, 0.4) is 0 Å². The summed E-state index contributed by atoms with van der Waals surface area (Å²) in [6, 6.07) is 5.89. The van der Waals surface area contributed by atoms with Gasteiger partial charge in [-0.25, -0.2) is 0 Å². The Hall–Kier alpha value is -2.06. The molecule has 0 aliphatic rings. The average molecular weight is 498 g/mol. The molecule has 194 valence electrons. The maximum atomic E-state index is 13.9. The lowest BCUT2D eigenvalue weighted by molar-refractivity contribution is 0.103. The van der Waals surface area contributed by atoms with Crippen molar-refractivity contribution in [2.75, 3.05) is 0 Å². The van der Waals surface area contributed by atoms with Crippen LogP contribution in [-0.4, -0.2) is 10.4 Å². The predicted octanol–water partition coefficient (Wildman–Crippen LogP) is 10.7. The van der Waals surface area contributed by atoms with Crippen LogP contribution in [-0.2, 0) is 6.54 Å². The number of halogens is 1. The standard InChI is InChI=1S/C28H38ClNO.C4H10/c1-8-11-23(17-22(19(4)5)13-12-20(6)10-3)28(31)27-21(7)30(16-9-2)26-15-14-24(29)18-25(26)27;1-3-4-2/h12-15,17-18,20H,8-11,16H2,1-7H3;3-4H2,1-2H3/b13-12-,23-17+;. The molecule has 2 nitrogen and oxygen atoms in total. The van der Waals surface area contributed by atoms with Crippen molar-refractivity contribution in [3.63, 3.8) is 0 Å². The quantitative estimate of drug-likeness (QED) is 0.172. The van der Waals surface area contributed by atoms with E-state index in [1.54, 1.807) is 0 Å². The first-order chi connectivity index (χ1) is 16.7. The predicted molar refractivity (Wildman–Crippen MR) is 157 cm³/mol. The number of ketones is 1. The van der Waals surface area contributed by atoms with Gasteiger partial charge >= 0.3 is 0 Å². The Labute approximate surface area is 220 Å². The Morgan fingerprint density at radius 1 is 1.03 bits per heavy atom. The van der Waals surface area contributed by atoms with Gasteiger partial charge in [0.1, 0.15) is 0 Å². The zero-order chi connectivity index (χ0) is 26.5. The van der Waals surface area contributed by atoms with Crippen molar-refractivity contribution in [3.8, 4) is 0 Å². The average Bonchev–Trinajstić information content (AvgIpc) is 3.10. The van der Waals surface area contributed by atoms with Gasteiger partial charge < -0.3 is 4.57 Å². The van der Waals surface area contributed by atoms with E-state index in [0.29, 0.717) is 10.9 Å². The third-order valence-electron chi connectivity index (χ3n) is 6.43. The van der Waals surface area contributed by atoms with Crippen LogP contribution in [0.25, 0.3) is 10.9 Å². The molecule has 35 heavy (non-hydrogen) atoms. The van der Waals surface area contributed by atoms with Gasteiger partial charge in [-0.1, -0.05) is 96.6 Å². The molecular weight excluding hydrogens is 450 g/mol. The van der Waals surface area contributed by atoms with Crippen molar-refractivity contribution < 1.29 is 4.79 Å². The Bertz CT molecular complexity index is 1050. The van der Waals surface area contributed by atoms with Crippen LogP contribution in [0.2, 0.25) is 5.02 Å². The number of unbranched alkanes of at least 4 members (excludes halogenated alkanes) is 1. The second kappa shape index (κ2) is 15.8. The van der Waals surface area contributed by atoms with Gasteiger partial charge in [0, 0.05) is 33.7 Å². The van der Waals surface area contributed by atoms with Gasteiger partial charge in [-0.15, -0.1) is 0 Å². The van der Waals surface area contributed by atoms with Crippen LogP contribution < -0.4 is 0 Å². The van der Waals surface area contributed by atoms with Gasteiger partial charge in [0.2, 0.25) is 0 Å². The summed E-state index contributed by atoms with van der Waals surface area (Å²) >= 11 is 6.33. The number of rotatable bonds is 11. The van der Waals surface area contributed by atoms with Gasteiger partial charge in [0.15, 0.2) is 5.78 Å². The van der Waals surface area contributed by atoms with Crippen LogP contribution in [0, 0.1) is 12.8 Å². The number of carbonyl (C=O) groups is 1. The highest BCUT2D eigenvalue weighted by molar-refractivity contribution is 6.31. The zero-order valence-electron chi connectivity index (χ0n) is 23.7. The van der Waals surface area contributed by atoms with Gasteiger partial charge in [-0.3, -0.25) is 4.79 Å². The van der Waals surface area contributed by atoms with E-state index in [9.17, 15) is 4.79 Å². The number of carbonyl (C=O) groups excluding carboxylic acids is 1. The van der Waals surface area contributed by atoms with Crippen LogP contribution in [0.4, 0.5) is 0 Å². The number of fused-ring (bicyclic) bond motifs is 1. The summed E-state index contributed by atoms with van der Waals surface area (Å²) in [5, 5.41) is 1.62. The molecular formula is C32H48ClNO. The molecule has 0 amide bonds. The van der Waals surface area contributed by atoms with E-state index in [4.69, 9.17) is 11.6 Å². The number of allylic oxidation sites excluding steroid dienone is 6. The van der Waals surface area contributed by atoms with Gasteiger partial charge in [0.05, 0.1) is 5.56 Å². The summed E-state index contributed by atoms with van der Waals surface area (Å²) in [6.07, 6.45) is 13.0. The summed E-state index contributed by atoms with van der Waals surface area (Å²) in [4.78, 5) is 13.9. The van der Waals surface area contributed by atoms with E-state index >= 15 is 0 Å². The first kappa shape index (κ1) is 31.0. The number of hydrogen-bond acceptors (Lipinski definition) is 1. The molecule has 1 aromatic heterocycles. The molecule has 0 radical (unpaired) electrons. The molecule has 1 aromatic carbocycles. The Balaban J connectivity index is 0.00000142. The van der Waals surface area contributed by atoms with Crippen LogP contribution >= 0.6 is 11.6 Å². The molecule has 1 unspecified atom stereocenters. The fourth-order valence-electron chi connectivity index (χ4n) is 3.88. The van der Waals surface area contributed by atoms with E-state index < -0.39 is 0 Å². The zero-order valence-corrected chi connectivity index (χ0v) is 24.5. The number of aryl methyl sites for hydroxylation is 1. The number of Topliss-reactive ketones (excluding diaryl/α,β-unsaturated/α-hetero) is 1. The molecule has 3 heteroatoms. The van der Waals surface area contributed by atoms with Crippen molar-refractivity contribution in [2.45, 2.75) is 107 Å². The number of hydrogen-bond donors (Lipinski definition) is 0. The SMILES string of the molecule is CCC/C(=C\C(/C=C\C(C)CC)=C(C)C)C(=O)c1c(C)n(CCC)c2ccc(Cl)cc12.CCCC. The van der Waals surface area contributed by atoms with Gasteiger partial charge in [-0.2, -0.15) is 0 Å². The van der Waals surface area contributed by atoms with Crippen molar-refractivity contribution in [2.24, 2.45) is 5.92 Å². The summed E-state index contributed by atoms with van der Waals surface area (Å²) in [5.41, 5.74) is 6.12. The maximum Gasteiger partial charge on any atom is 0.191 e. The second-order valence-electron chi connectivity index (χ2n) is 9.72. The van der Waals surface area contributed by atoms with E-state index in [-0.39, 0.29) is 5.78 Å². The van der Waals surface area contributed by atoms with Crippen LogP contribution in [0.5, 0.6) is 0 Å². The van der Waals surface area contributed by atoms with E-state index in [1.807, 2.05) is 18.2 Å². The van der Waals surface area contributed by atoms with Crippen LogP contribution in [0.15, 0.2) is 53.1 Å². The highest BCUT2D eigenvalue weighted by Crippen LogP contribution is 2.32. The Morgan fingerprint density at radius 3 is 2.20 bits per heavy atom. The Morgan fingerprint density at radius 2 is 1.69 bits per heavy atom. The second-order valence-corrected chi connectivity index (χ2v) is 10.2. The number of nitrogens with zero attached hydrogens (tertiary/aromatic N) is 1. The maximum absolute atomic E-state index is 13.9. The monoisotopic (exact) mass is 497 g/mol. The molecule has 0 saturated heterocycles. The van der Waals surface area contributed by atoms with Crippen LogP contribution in [0.1, 0.15) is 110 Å². The topological polar surface area (TPSA) is 22.0 Å². The summed E-state index contributed by atoms with van der Waals surface area (Å²) in [5.74, 6) is 0.640. The molecule has 0 saturated carbocycles. The van der Waals surface area contributed by atoms with Gasteiger partial charge in [0.25, 0.3) is 0 Å². The third-order valence-corrected chi connectivity index (χ3v) is 6.66. The lowest BCUT2D eigenvalue weighted by Gasteiger charge is -2.10. The molecule has 0 fully saturated rings. The fraction of sp³-hybridized carbons (Fsp3) is 0.531. The highest BCUT2D eigenvalue weighted by atomic mass is 35.5. The minimum atomic E-state index is 0.122.